The van der Waals surface area contributed by atoms with E-state index in [9.17, 15) is 9.59 Å². The summed E-state index contributed by atoms with van der Waals surface area (Å²) in [5.41, 5.74) is 2.91. The van der Waals surface area contributed by atoms with Gasteiger partial charge in [0.15, 0.2) is 0 Å². The Bertz CT molecular complexity index is 941. The SMILES string of the molecule is CCOC(=O)c1cc2cc(OCCN(C)CCOCCOCCONC(=O)OC(C)(C)C)ccc2[nH]1. The van der Waals surface area contributed by atoms with Crippen LogP contribution in [0.25, 0.3) is 10.9 Å². The Balaban J connectivity index is 1.49. The summed E-state index contributed by atoms with van der Waals surface area (Å²) >= 11 is 0. The lowest BCUT2D eigenvalue weighted by molar-refractivity contribution is -0.0332. The van der Waals surface area contributed by atoms with Crippen LogP contribution in [0.2, 0.25) is 0 Å². The molecule has 0 fully saturated rings. The molecule has 1 aromatic heterocycles. The second-order valence-electron chi connectivity index (χ2n) is 8.98. The van der Waals surface area contributed by atoms with E-state index in [1.54, 1.807) is 33.8 Å². The molecule has 11 heteroatoms. The molecule has 0 saturated carbocycles. The predicted molar refractivity (Wildman–Crippen MR) is 134 cm³/mol. The van der Waals surface area contributed by atoms with Gasteiger partial charge in [0.05, 0.1) is 39.6 Å². The molecule has 0 saturated heterocycles. The highest BCUT2D eigenvalue weighted by molar-refractivity contribution is 5.95. The van der Waals surface area contributed by atoms with Gasteiger partial charge in [0, 0.05) is 24.0 Å². The van der Waals surface area contributed by atoms with Gasteiger partial charge in [-0.1, -0.05) is 0 Å². The Kier molecular flexibility index (Phi) is 12.5. The van der Waals surface area contributed by atoms with Gasteiger partial charge in [-0.25, -0.2) is 9.59 Å². The average Bonchev–Trinajstić information content (AvgIpc) is 3.23. The van der Waals surface area contributed by atoms with E-state index in [-0.39, 0.29) is 12.6 Å². The van der Waals surface area contributed by atoms with Crippen molar-refractivity contribution < 1.29 is 38.1 Å². The van der Waals surface area contributed by atoms with Crippen molar-refractivity contribution >= 4 is 23.0 Å². The third kappa shape index (κ3) is 11.7. The number of nitrogens with one attached hydrogen (secondary N) is 2. The molecule has 0 aliphatic rings. The summed E-state index contributed by atoms with van der Waals surface area (Å²) < 4.78 is 26.9. The number of esters is 1. The molecule has 1 aromatic carbocycles. The summed E-state index contributed by atoms with van der Waals surface area (Å²) in [6.07, 6.45) is -0.633. The molecule has 0 unspecified atom stereocenters. The molecule has 0 atom stereocenters. The number of H-pyrrole nitrogens is 1. The molecule has 202 valence electrons. The lowest BCUT2D eigenvalue weighted by Crippen LogP contribution is -2.33. The lowest BCUT2D eigenvalue weighted by atomic mass is 10.2. The van der Waals surface area contributed by atoms with Crippen LogP contribution in [0.1, 0.15) is 38.2 Å². The number of aromatic amines is 1. The Hall–Kier alpha value is -2.86. The number of ether oxygens (including phenoxy) is 5. The Morgan fingerprint density at radius 2 is 1.67 bits per heavy atom. The largest absolute Gasteiger partial charge is 0.492 e. The third-order valence-electron chi connectivity index (χ3n) is 4.70. The Morgan fingerprint density at radius 1 is 0.972 bits per heavy atom. The molecule has 2 aromatic rings. The van der Waals surface area contributed by atoms with E-state index in [0.717, 1.165) is 29.7 Å². The van der Waals surface area contributed by atoms with E-state index in [2.05, 4.69) is 15.4 Å². The monoisotopic (exact) mass is 509 g/mol. The summed E-state index contributed by atoms with van der Waals surface area (Å²) in [6, 6.07) is 7.42. The molecule has 0 spiro atoms. The number of aromatic nitrogens is 1. The smallest absolute Gasteiger partial charge is 0.431 e. The van der Waals surface area contributed by atoms with Gasteiger partial charge < -0.3 is 33.6 Å². The van der Waals surface area contributed by atoms with Crippen molar-refractivity contribution in [2.45, 2.75) is 33.3 Å². The van der Waals surface area contributed by atoms with Crippen molar-refractivity contribution in [2.24, 2.45) is 0 Å². The predicted octanol–water partition coefficient (Wildman–Crippen LogP) is 3.14. The number of fused-ring (bicyclic) bond motifs is 1. The van der Waals surface area contributed by atoms with Crippen molar-refractivity contribution in [3.63, 3.8) is 0 Å². The lowest BCUT2D eigenvalue weighted by Gasteiger charge is -2.19. The maximum absolute atomic E-state index is 11.9. The topological polar surface area (TPSA) is 121 Å². The first-order chi connectivity index (χ1) is 17.2. The van der Waals surface area contributed by atoms with E-state index >= 15 is 0 Å². The molecule has 2 N–H and O–H groups in total. The van der Waals surface area contributed by atoms with Crippen LogP contribution in [0, 0.1) is 0 Å². The van der Waals surface area contributed by atoms with Gasteiger partial charge >= 0.3 is 12.1 Å². The first-order valence-electron chi connectivity index (χ1n) is 12.1. The molecule has 36 heavy (non-hydrogen) atoms. The number of hydroxylamine groups is 1. The van der Waals surface area contributed by atoms with Crippen LogP contribution in [-0.2, 0) is 23.8 Å². The van der Waals surface area contributed by atoms with E-state index in [0.29, 0.717) is 45.3 Å². The normalized spacial score (nSPS) is 11.6. The number of rotatable bonds is 16. The molecule has 1 heterocycles. The maximum atomic E-state index is 11.9. The third-order valence-corrected chi connectivity index (χ3v) is 4.70. The van der Waals surface area contributed by atoms with Gasteiger partial charge in [0.1, 0.15) is 23.7 Å². The summed E-state index contributed by atoms with van der Waals surface area (Å²) in [4.78, 5) is 33.4. The van der Waals surface area contributed by atoms with Gasteiger partial charge in [0.25, 0.3) is 0 Å². The van der Waals surface area contributed by atoms with Gasteiger partial charge in [-0.2, -0.15) is 5.48 Å². The number of likely N-dealkylation sites (N-methyl/N-ethyl adjacent to an activating group) is 1. The van der Waals surface area contributed by atoms with Gasteiger partial charge in [0.2, 0.25) is 0 Å². The number of hydrogen-bond acceptors (Lipinski definition) is 9. The van der Waals surface area contributed by atoms with Crippen LogP contribution in [0.4, 0.5) is 4.79 Å². The summed E-state index contributed by atoms with van der Waals surface area (Å²) in [5.74, 6) is 0.372. The molecule has 0 aliphatic heterocycles. The fraction of sp³-hybridized carbons (Fsp3) is 0.600. The second kappa shape index (κ2) is 15.3. The number of benzene rings is 1. The number of nitrogens with zero attached hydrogens (tertiary/aromatic N) is 1. The summed E-state index contributed by atoms with van der Waals surface area (Å²) in [6.45, 7) is 11.5. The highest BCUT2D eigenvalue weighted by atomic mass is 16.7. The van der Waals surface area contributed by atoms with Crippen LogP contribution in [0.3, 0.4) is 0 Å². The Labute approximate surface area is 212 Å². The second-order valence-corrected chi connectivity index (χ2v) is 8.98. The van der Waals surface area contributed by atoms with Gasteiger partial charge in [-0.15, -0.1) is 0 Å². The highest BCUT2D eigenvalue weighted by Crippen LogP contribution is 2.22. The molecule has 0 radical (unpaired) electrons. The van der Waals surface area contributed by atoms with Crippen molar-refractivity contribution in [3.05, 3.63) is 30.0 Å². The van der Waals surface area contributed by atoms with Crippen LogP contribution in [0.5, 0.6) is 5.75 Å². The minimum absolute atomic E-state index is 0.214. The zero-order chi connectivity index (χ0) is 26.4. The van der Waals surface area contributed by atoms with Crippen LogP contribution < -0.4 is 10.2 Å². The fourth-order valence-corrected chi connectivity index (χ4v) is 3.00. The number of amides is 1. The minimum Gasteiger partial charge on any atom is -0.492 e. The van der Waals surface area contributed by atoms with Crippen molar-refractivity contribution in [2.75, 3.05) is 66.4 Å². The molecule has 2 rings (SSSR count). The van der Waals surface area contributed by atoms with Crippen molar-refractivity contribution in [1.82, 2.24) is 15.4 Å². The first kappa shape index (κ1) is 29.4. The van der Waals surface area contributed by atoms with Crippen LogP contribution in [0.15, 0.2) is 24.3 Å². The average molecular weight is 510 g/mol. The number of carbonyl (C=O) groups is 2. The van der Waals surface area contributed by atoms with Crippen LogP contribution in [-0.4, -0.2) is 93.9 Å². The minimum atomic E-state index is -0.633. The first-order valence-corrected chi connectivity index (χ1v) is 12.1. The Morgan fingerprint density at radius 3 is 2.39 bits per heavy atom. The van der Waals surface area contributed by atoms with Crippen LogP contribution >= 0.6 is 0 Å². The van der Waals surface area contributed by atoms with Gasteiger partial charge in [-0.3, -0.25) is 4.84 Å². The standard InChI is InChI=1S/C25H39N3O8/c1-6-33-23(29)22-18-19-17-20(7-8-21(19)26-22)34-12-10-28(5)9-11-31-13-14-32-15-16-35-27-24(30)36-25(2,3)4/h7-8,17-18,26H,6,9-16H2,1-5H3,(H,27,30). The fourth-order valence-electron chi connectivity index (χ4n) is 3.00. The molecular weight excluding hydrogens is 470 g/mol. The highest BCUT2D eigenvalue weighted by Gasteiger charge is 2.16. The summed E-state index contributed by atoms with van der Waals surface area (Å²) in [5, 5.41) is 0.894. The zero-order valence-corrected chi connectivity index (χ0v) is 21.9. The van der Waals surface area contributed by atoms with E-state index in [1.807, 2.05) is 25.2 Å². The number of hydrogen-bond donors (Lipinski definition) is 2. The molecule has 11 nitrogen and oxygen atoms in total. The maximum Gasteiger partial charge on any atom is 0.431 e. The van der Waals surface area contributed by atoms with Gasteiger partial charge in [-0.05, 0) is 59.0 Å². The van der Waals surface area contributed by atoms with E-state index < -0.39 is 11.7 Å². The quantitative estimate of drug-likeness (QED) is 0.200. The molecular formula is C25H39N3O8. The van der Waals surface area contributed by atoms with E-state index in [1.165, 1.54) is 0 Å². The molecule has 0 aliphatic carbocycles. The van der Waals surface area contributed by atoms with Crippen molar-refractivity contribution in [1.29, 1.82) is 0 Å². The molecule has 0 bridgehead atoms. The zero-order valence-electron chi connectivity index (χ0n) is 21.9. The number of carbonyl (C=O) groups excluding carboxylic acids is 2. The molecule has 1 amide bonds. The van der Waals surface area contributed by atoms with Crippen molar-refractivity contribution in [3.8, 4) is 5.75 Å². The summed E-state index contributed by atoms with van der Waals surface area (Å²) in [7, 11) is 2.00. The van der Waals surface area contributed by atoms with E-state index in [4.69, 9.17) is 28.5 Å².